The van der Waals surface area contributed by atoms with Crippen molar-refractivity contribution in [2.24, 2.45) is 0 Å². The molecule has 0 bridgehead atoms. The third kappa shape index (κ3) is 3.81. The minimum Gasteiger partial charge on any atom is -0.310 e. The van der Waals surface area contributed by atoms with Crippen LogP contribution in [0.2, 0.25) is 5.02 Å². The smallest absolute Gasteiger partial charge is 0.123 e. The maximum absolute atomic E-state index is 13.4. The number of benzene rings is 2. The lowest BCUT2D eigenvalue weighted by Gasteiger charge is -2.20. The highest BCUT2D eigenvalue weighted by molar-refractivity contribution is 6.30. The summed E-state index contributed by atoms with van der Waals surface area (Å²) in [5.74, 6) is -0.183. The molecule has 0 aromatic heterocycles. The fraction of sp³-hybridized carbons (Fsp3) is 0.294. The summed E-state index contributed by atoms with van der Waals surface area (Å²) in [6, 6.07) is 12.9. The lowest BCUT2D eigenvalue weighted by molar-refractivity contribution is 0.545. The van der Waals surface area contributed by atoms with Gasteiger partial charge in [0.2, 0.25) is 0 Å². The molecule has 0 aliphatic carbocycles. The average Bonchev–Trinajstić information content (AvgIpc) is 2.43. The summed E-state index contributed by atoms with van der Waals surface area (Å²) < 4.78 is 13.4. The molecule has 0 aliphatic rings. The van der Waals surface area contributed by atoms with Gasteiger partial charge in [-0.3, -0.25) is 0 Å². The van der Waals surface area contributed by atoms with E-state index in [-0.39, 0.29) is 11.9 Å². The highest BCUT2D eigenvalue weighted by Crippen LogP contribution is 2.22. The van der Waals surface area contributed by atoms with Gasteiger partial charge < -0.3 is 5.32 Å². The van der Waals surface area contributed by atoms with Gasteiger partial charge in [-0.1, -0.05) is 36.7 Å². The molecule has 0 saturated carbocycles. The summed E-state index contributed by atoms with van der Waals surface area (Å²) in [7, 11) is 0. The van der Waals surface area contributed by atoms with Crippen molar-refractivity contribution in [1.82, 2.24) is 5.32 Å². The molecule has 0 radical (unpaired) electrons. The minimum absolute atomic E-state index is 0.165. The number of halogens is 2. The van der Waals surface area contributed by atoms with Crippen molar-refractivity contribution in [2.45, 2.75) is 26.3 Å². The van der Waals surface area contributed by atoms with E-state index >= 15 is 0 Å². The molecule has 1 atom stereocenters. The van der Waals surface area contributed by atoms with E-state index in [0.717, 1.165) is 29.1 Å². The molecule has 0 saturated heterocycles. The molecule has 2 aromatic rings. The van der Waals surface area contributed by atoms with Crippen LogP contribution >= 0.6 is 11.6 Å². The van der Waals surface area contributed by atoms with E-state index in [2.05, 4.69) is 12.2 Å². The van der Waals surface area contributed by atoms with Crippen molar-refractivity contribution < 1.29 is 4.39 Å². The number of nitrogens with one attached hydrogen (secondary N) is 1. The van der Waals surface area contributed by atoms with Gasteiger partial charge in [-0.15, -0.1) is 0 Å². The Labute approximate surface area is 124 Å². The number of hydrogen-bond donors (Lipinski definition) is 1. The predicted molar refractivity (Wildman–Crippen MR) is 82.7 cm³/mol. The van der Waals surface area contributed by atoms with Gasteiger partial charge in [-0.2, -0.15) is 0 Å². The normalized spacial score (nSPS) is 12.4. The molecule has 1 nitrogen and oxygen atoms in total. The topological polar surface area (TPSA) is 12.0 Å². The van der Waals surface area contributed by atoms with Crippen molar-refractivity contribution in [1.29, 1.82) is 0 Å². The standard InChI is InChI=1S/C17H19ClFN/c1-3-20-17(13-5-7-15(18)8-6-13)11-14-10-16(19)9-4-12(14)2/h4-10,17,20H,3,11H2,1-2H3. The molecule has 0 spiro atoms. The summed E-state index contributed by atoms with van der Waals surface area (Å²) in [6.45, 7) is 4.95. The first kappa shape index (κ1) is 15.0. The number of hydrogen-bond acceptors (Lipinski definition) is 1. The Balaban J connectivity index is 2.25. The molecule has 0 fully saturated rings. The number of aryl methyl sites for hydroxylation is 1. The molecule has 0 heterocycles. The molecule has 2 aromatic carbocycles. The Hall–Kier alpha value is -1.38. The van der Waals surface area contributed by atoms with Crippen molar-refractivity contribution in [3.63, 3.8) is 0 Å². The first-order valence-electron chi connectivity index (χ1n) is 6.84. The summed E-state index contributed by atoms with van der Waals surface area (Å²) in [5.41, 5.74) is 3.31. The van der Waals surface area contributed by atoms with Gasteiger partial charge in [0, 0.05) is 11.1 Å². The SMILES string of the molecule is CCNC(Cc1cc(F)ccc1C)c1ccc(Cl)cc1. The van der Waals surface area contributed by atoms with E-state index in [1.54, 1.807) is 6.07 Å². The zero-order valence-corrected chi connectivity index (χ0v) is 12.5. The first-order chi connectivity index (χ1) is 9.60. The molecule has 20 heavy (non-hydrogen) atoms. The second-order valence-corrected chi connectivity index (χ2v) is 5.37. The molecule has 0 amide bonds. The lowest BCUT2D eigenvalue weighted by atomic mass is 9.96. The van der Waals surface area contributed by atoms with Gasteiger partial charge in [0.25, 0.3) is 0 Å². The van der Waals surface area contributed by atoms with E-state index in [1.165, 1.54) is 11.6 Å². The van der Waals surface area contributed by atoms with Crippen molar-refractivity contribution in [3.05, 3.63) is 70.0 Å². The van der Waals surface area contributed by atoms with Gasteiger partial charge in [0.15, 0.2) is 0 Å². The highest BCUT2D eigenvalue weighted by atomic mass is 35.5. The lowest BCUT2D eigenvalue weighted by Crippen LogP contribution is -2.23. The zero-order chi connectivity index (χ0) is 14.5. The van der Waals surface area contributed by atoms with E-state index in [4.69, 9.17) is 11.6 Å². The second-order valence-electron chi connectivity index (χ2n) is 4.94. The number of rotatable bonds is 5. The van der Waals surface area contributed by atoms with Crippen LogP contribution in [-0.2, 0) is 6.42 Å². The largest absolute Gasteiger partial charge is 0.310 e. The number of likely N-dealkylation sites (N-methyl/N-ethyl adjacent to an activating group) is 1. The predicted octanol–water partition coefficient (Wildman–Crippen LogP) is 4.68. The Morgan fingerprint density at radius 1 is 1.15 bits per heavy atom. The zero-order valence-electron chi connectivity index (χ0n) is 11.8. The van der Waals surface area contributed by atoms with Crippen LogP contribution in [0.5, 0.6) is 0 Å². The Kier molecular flexibility index (Phi) is 5.16. The Morgan fingerprint density at radius 3 is 2.50 bits per heavy atom. The maximum Gasteiger partial charge on any atom is 0.123 e. The van der Waals surface area contributed by atoms with Crippen LogP contribution in [0.4, 0.5) is 4.39 Å². The quantitative estimate of drug-likeness (QED) is 0.843. The average molecular weight is 292 g/mol. The monoisotopic (exact) mass is 291 g/mol. The van der Waals surface area contributed by atoms with Crippen molar-refractivity contribution in [2.75, 3.05) is 6.54 Å². The summed E-state index contributed by atoms with van der Waals surface area (Å²) in [6.07, 6.45) is 0.763. The van der Waals surface area contributed by atoms with E-state index in [0.29, 0.717) is 0 Å². The first-order valence-corrected chi connectivity index (χ1v) is 7.22. The van der Waals surface area contributed by atoms with Crippen molar-refractivity contribution in [3.8, 4) is 0 Å². The molecular formula is C17H19ClFN. The summed E-state index contributed by atoms with van der Waals surface area (Å²) in [4.78, 5) is 0. The molecule has 1 unspecified atom stereocenters. The van der Waals surface area contributed by atoms with Gasteiger partial charge in [0.1, 0.15) is 5.82 Å². The second kappa shape index (κ2) is 6.87. The third-order valence-corrected chi connectivity index (χ3v) is 3.71. The molecule has 0 aliphatic heterocycles. The van der Waals surface area contributed by atoms with E-state index in [9.17, 15) is 4.39 Å². The molecule has 3 heteroatoms. The minimum atomic E-state index is -0.183. The summed E-state index contributed by atoms with van der Waals surface area (Å²) >= 11 is 5.93. The molecule has 2 rings (SSSR count). The fourth-order valence-corrected chi connectivity index (χ4v) is 2.46. The van der Waals surface area contributed by atoms with Crippen LogP contribution in [-0.4, -0.2) is 6.54 Å². The van der Waals surface area contributed by atoms with Crippen LogP contribution in [0.3, 0.4) is 0 Å². The molecule has 106 valence electrons. The molecule has 1 N–H and O–H groups in total. The van der Waals surface area contributed by atoms with Gasteiger partial charge in [0.05, 0.1) is 0 Å². The Morgan fingerprint density at radius 2 is 1.85 bits per heavy atom. The van der Waals surface area contributed by atoms with Crippen molar-refractivity contribution >= 4 is 11.6 Å². The third-order valence-electron chi connectivity index (χ3n) is 3.46. The highest BCUT2D eigenvalue weighted by Gasteiger charge is 2.13. The Bertz CT molecular complexity index is 566. The maximum atomic E-state index is 13.4. The van der Waals surface area contributed by atoms with Crippen LogP contribution in [0, 0.1) is 12.7 Å². The van der Waals surface area contributed by atoms with Gasteiger partial charge in [-0.25, -0.2) is 4.39 Å². The van der Waals surface area contributed by atoms with E-state index in [1.807, 2.05) is 37.3 Å². The van der Waals surface area contributed by atoms with Crippen LogP contribution in [0.25, 0.3) is 0 Å². The fourth-order valence-electron chi connectivity index (χ4n) is 2.33. The van der Waals surface area contributed by atoms with E-state index < -0.39 is 0 Å². The summed E-state index contributed by atoms with van der Waals surface area (Å²) in [5, 5.41) is 4.18. The van der Waals surface area contributed by atoms with Gasteiger partial charge in [-0.05, 0) is 60.8 Å². The van der Waals surface area contributed by atoms with Crippen LogP contribution < -0.4 is 5.32 Å². The van der Waals surface area contributed by atoms with Crippen LogP contribution in [0.15, 0.2) is 42.5 Å². The van der Waals surface area contributed by atoms with Crippen LogP contribution in [0.1, 0.15) is 29.7 Å². The molecular weight excluding hydrogens is 273 g/mol. The van der Waals surface area contributed by atoms with Gasteiger partial charge >= 0.3 is 0 Å².